The first-order valence-corrected chi connectivity index (χ1v) is 24.0. The van der Waals surface area contributed by atoms with Crippen LogP contribution in [0.4, 0.5) is 0 Å². The van der Waals surface area contributed by atoms with E-state index in [0.29, 0.717) is 19.3 Å². The standard InChI is InChI=1S/C42H72O14P2/c1-3-5-7-8-9-10-11-12-13-14-15-18-22-25-29-33-42(46)56-40(37-55-58(50,51)54-35-39(44)34-53-57(47,48)49)36-52-41(45)32-28-24-21-19-16-17-20-23-27-31-38(43)30-26-6-4-2/h9-10,12-13,15,18,20,23,27,31,39-40,44H,3-8,11,14,16-17,19,21-22,24-26,28-30,32-37H2,1-2H3,(H,50,51)(H2,47,48,49)/b10-9-,13-12-,18-15-,23-20-,31-27+/t39-,40+/m0/s1. The summed E-state index contributed by atoms with van der Waals surface area (Å²) >= 11 is 0. The van der Waals surface area contributed by atoms with Crippen molar-refractivity contribution in [2.45, 2.75) is 161 Å². The number of aliphatic hydroxyl groups excluding tert-OH is 1. The van der Waals surface area contributed by atoms with E-state index in [1.807, 2.05) is 12.2 Å². The summed E-state index contributed by atoms with van der Waals surface area (Å²) in [7, 11) is -9.71. The fourth-order valence-corrected chi connectivity index (χ4v) is 6.25. The molecule has 3 atom stereocenters. The molecule has 0 saturated carbocycles. The number of ketones is 1. The molecule has 0 aliphatic heterocycles. The zero-order valence-corrected chi connectivity index (χ0v) is 36.7. The van der Waals surface area contributed by atoms with Gasteiger partial charge in [0, 0.05) is 19.3 Å². The number of carbonyl (C=O) groups excluding carboxylic acids is 3. The average Bonchev–Trinajstić information content (AvgIpc) is 3.17. The number of phosphoric ester groups is 2. The van der Waals surface area contributed by atoms with Gasteiger partial charge >= 0.3 is 27.6 Å². The van der Waals surface area contributed by atoms with Gasteiger partial charge in [0.2, 0.25) is 0 Å². The molecule has 0 radical (unpaired) electrons. The number of aliphatic hydroxyl groups is 1. The molecule has 0 rings (SSSR count). The van der Waals surface area contributed by atoms with Gasteiger partial charge < -0.3 is 29.3 Å². The topological polar surface area (TPSA) is 212 Å². The second-order valence-corrected chi connectivity index (χ2v) is 16.6. The molecule has 0 aromatic heterocycles. The lowest BCUT2D eigenvalue weighted by Crippen LogP contribution is -2.30. The zero-order chi connectivity index (χ0) is 43.2. The predicted molar refractivity (Wildman–Crippen MR) is 226 cm³/mol. The molecule has 58 heavy (non-hydrogen) atoms. The Bertz CT molecular complexity index is 1320. The van der Waals surface area contributed by atoms with Crippen molar-refractivity contribution in [3.63, 3.8) is 0 Å². The summed E-state index contributed by atoms with van der Waals surface area (Å²) in [6.07, 6.45) is 34.9. The minimum Gasteiger partial charge on any atom is -0.462 e. The second-order valence-electron chi connectivity index (χ2n) is 13.9. The molecular weight excluding hydrogens is 790 g/mol. The Balaban J connectivity index is 4.68. The molecule has 0 heterocycles. The molecule has 0 aliphatic carbocycles. The Kier molecular flexibility index (Phi) is 35.9. The highest BCUT2D eigenvalue weighted by Gasteiger charge is 2.28. The molecule has 0 spiro atoms. The number of rotatable bonds is 39. The molecule has 0 aromatic rings. The monoisotopic (exact) mass is 862 g/mol. The van der Waals surface area contributed by atoms with E-state index in [1.165, 1.54) is 19.3 Å². The highest BCUT2D eigenvalue weighted by atomic mass is 31.2. The van der Waals surface area contributed by atoms with Gasteiger partial charge in [-0.25, -0.2) is 9.13 Å². The maximum absolute atomic E-state index is 12.6. The summed E-state index contributed by atoms with van der Waals surface area (Å²) in [5, 5.41) is 9.73. The average molecular weight is 863 g/mol. The van der Waals surface area contributed by atoms with E-state index in [9.17, 15) is 33.5 Å². The van der Waals surface area contributed by atoms with Crippen molar-refractivity contribution in [2.75, 3.05) is 26.4 Å². The first-order chi connectivity index (χ1) is 27.8. The van der Waals surface area contributed by atoms with E-state index in [0.717, 1.165) is 83.5 Å². The van der Waals surface area contributed by atoms with Gasteiger partial charge in [0.1, 0.15) is 12.7 Å². The quantitative estimate of drug-likeness (QED) is 0.0113. The maximum atomic E-state index is 12.6. The van der Waals surface area contributed by atoms with Gasteiger partial charge in [0.15, 0.2) is 11.9 Å². The Morgan fingerprint density at radius 2 is 1.05 bits per heavy atom. The van der Waals surface area contributed by atoms with Crippen LogP contribution in [0.25, 0.3) is 0 Å². The highest BCUT2D eigenvalue weighted by Crippen LogP contribution is 2.43. The SMILES string of the molecule is CCCCC/C=C\C/C=C\C/C=C\CCCCC(=O)O[C@H](COC(=O)CCCCCCC/C=C\C=C\C(=O)CCCCC)COP(=O)(O)OC[C@@H](O)COP(=O)(O)O. The largest absolute Gasteiger partial charge is 0.472 e. The molecule has 1 unspecified atom stereocenters. The number of ether oxygens (including phenoxy) is 2. The molecule has 334 valence electrons. The number of allylic oxidation sites excluding steroid dienone is 10. The lowest BCUT2D eigenvalue weighted by atomic mass is 10.1. The van der Waals surface area contributed by atoms with Crippen molar-refractivity contribution < 1.29 is 66.3 Å². The Hall–Kier alpha value is -2.51. The van der Waals surface area contributed by atoms with Gasteiger partial charge in [0.25, 0.3) is 0 Å². The predicted octanol–water partition coefficient (Wildman–Crippen LogP) is 9.63. The normalized spacial score (nSPS) is 14.6. The summed E-state index contributed by atoms with van der Waals surface area (Å²) in [4.78, 5) is 64.3. The number of phosphoric acid groups is 2. The number of unbranched alkanes of at least 4 members (excludes halogenated alkanes) is 12. The molecule has 0 amide bonds. The van der Waals surface area contributed by atoms with Crippen LogP contribution >= 0.6 is 15.6 Å². The molecule has 0 saturated heterocycles. The number of carbonyl (C=O) groups is 3. The fraction of sp³-hybridized carbons (Fsp3) is 0.690. The summed E-state index contributed by atoms with van der Waals surface area (Å²) in [6, 6.07) is 0. The van der Waals surface area contributed by atoms with E-state index in [-0.39, 0.29) is 18.6 Å². The van der Waals surface area contributed by atoms with E-state index < -0.39 is 66.2 Å². The maximum Gasteiger partial charge on any atom is 0.472 e. The van der Waals surface area contributed by atoms with Crippen LogP contribution in [0.5, 0.6) is 0 Å². The lowest BCUT2D eigenvalue weighted by Gasteiger charge is -2.20. The lowest BCUT2D eigenvalue weighted by molar-refractivity contribution is -0.161. The van der Waals surface area contributed by atoms with Crippen molar-refractivity contribution in [1.29, 1.82) is 0 Å². The molecule has 0 fully saturated rings. The van der Waals surface area contributed by atoms with Gasteiger partial charge in [0.05, 0.1) is 19.8 Å². The molecule has 4 N–H and O–H groups in total. The van der Waals surface area contributed by atoms with E-state index >= 15 is 0 Å². The first-order valence-electron chi connectivity index (χ1n) is 20.9. The Morgan fingerprint density at radius 1 is 0.552 bits per heavy atom. The van der Waals surface area contributed by atoms with Crippen LogP contribution in [0.15, 0.2) is 60.8 Å². The second kappa shape index (κ2) is 37.5. The van der Waals surface area contributed by atoms with Crippen LogP contribution in [0.2, 0.25) is 0 Å². The fourth-order valence-electron chi connectivity index (χ4n) is 5.10. The summed E-state index contributed by atoms with van der Waals surface area (Å²) in [6.45, 7) is 1.46. The molecule has 16 heteroatoms. The van der Waals surface area contributed by atoms with Crippen LogP contribution in [-0.4, -0.2) is 76.1 Å². The van der Waals surface area contributed by atoms with Crippen LogP contribution < -0.4 is 0 Å². The minimum atomic E-state index is -4.88. The number of hydrogen-bond acceptors (Lipinski definition) is 11. The van der Waals surface area contributed by atoms with Crippen molar-refractivity contribution in [3.05, 3.63) is 60.8 Å². The molecule has 0 aromatic carbocycles. The summed E-state index contributed by atoms with van der Waals surface area (Å²) in [5.41, 5.74) is 0. The first kappa shape index (κ1) is 55.5. The Morgan fingerprint density at radius 3 is 1.72 bits per heavy atom. The van der Waals surface area contributed by atoms with Gasteiger partial charge in [-0.3, -0.25) is 28.0 Å². The van der Waals surface area contributed by atoms with E-state index in [4.69, 9.17) is 23.8 Å². The van der Waals surface area contributed by atoms with Crippen molar-refractivity contribution >= 4 is 33.4 Å². The van der Waals surface area contributed by atoms with Gasteiger partial charge in [-0.2, -0.15) is 0 Å². The van der Waals surface area contributed by atoms with Crippen LogP contribution in [0.1, 0.15) is 149 Å². The molecule has 14 nitrogen and oxygen atoms in total. The molecular formula is C42H72O14P2. The Labute approximate surface area is 347 Å². The van der Waals surface area contributed by atoms with Crippen molar-refractivity contribution in [2.24, 2.45) is 0 Å². The number of hydrogen-bond donors (Lipinski definition) is 4. The minimum absolute atomic E-state index is 0.0626. The van der Waals surface area contributed by atoms with Crippen LogP contribution in [0, 0.1) is 0 Å². The zero-order valence-electron chi connectivity index (χ0n) is 34.9. The summed E-state index contributed by atoms with van der Waals surface area (Å²) in [5.74, 6) is -0.995. The third-order valence-electron chi connectivity index (χ3n) is 8.35. The van der Waals surface area contributed by atoms with E-state index in [1.54, 1.807) is 12.2 Å². The molecule has 0 bridgehead atoms. The van der Waals surface area contributed by atoms with E-state index in [2.05, 4.69) is 59.4 Å². The highest BCUT2D eigenvalue weighted by molar-refractivity contribution is 7.47. The third kappa shape index (κ3) is 40.3. The van der Waals surface area contributed by atoms with Gasteiger partial charge in [-0.05, 0) is 76.7 Å². The molecule has 0 aliphatic rings. The number of esters is 2. The van der Waals surface area contributed by atoms with Crippen LogP contribution in [-0.2, 0) is 46.6 Å². The van der Waals surface area contributed by atoms with Gasteiger partial charge in [-0.15, -0.1) is 0 Å². The van der Waals surface area contributed by atoms with Gasteiger partial charge in [-0.1, -0.05) is 113 Å². The van der Waals surface area contributed by atoms with Crippen molar-refractivity contribution in [3.8, 4) is 0 Å². The summed E-state index contributed by atoms with van der Waals surface area (Å²) < 4.78 is 47.6. The van der Waals surface area contributed by atoms with Crippen molar-refractivity contribution in [1.82, 2.24) is 0 Å². The third-order valence-corrected chi connectivity index (χ3v) is 9.78. The van der Waals surface area contributed by atoms with Crippen LogP contribution in [0.3, 0.4) is 0 Å². The smallest absolute Gasteiger partial charge is 0.462 e.